The fraction of sp³-hybridized carbons (Fsp3) is 0.154. The Morgan fingerprint density at radius 3 is 2.38 bits per heavy atom. The van der Waals surface area contributed by atoms with Crippen molar-refractivity contribution < 1.29 is 4.74 Å². The van der Waals surface area contributed by atoms with E-state index in [9.17, 15) is 4.79 Å². The average Bonchev–Trinajstić information content (AvgIpc) is 2.33. The number of rotatable bonds is 2. The van der Waals surface area contributed by atoms with E-state index < -0.39 is 0 Å². The van der Waals surface area contributed by atoms with E-state index >= 15 is 0 Å². The van der Waals surface area contributed by atoms with Gasteiger partial charge in [0.1, 0.15) is 5.75 Å². The van der Waals surface area contributed by atoms with Gasteiger partial charge < -0.3 is 9.30 Å². The lowest BCUT2D eigenvalue weighted by Crippen LogP contribution is -2.16. The maximum Gasteiger partial charge on any atom is 0.250 e. The number of benzene rings is 1. The second-order valence-corrected chi connectivity index (χ2v) is 3.54. The lowest BCUT2D eigenvalue weighted by molar-refractivity contribution is 0.415. The van der Waals surface area contributed by atoms with Gasteiger partial charge in [-0.1, -0.05) is 6.07 Å². The van der Waals surface area contributed by atoms with Crippen molar-refractivity contribution in [3.05, 3.63) is 52.8 Å². The molecule has 0 aliphatic rings. The lowest BCUT2D eigenvalue weighted by atomic mass is 10.1. The van der Waals surface area contributed by atoms with Gasteiger partial charge in [-0.05, 0) is 35.9 Å². The molecule has 0 fully saturated rings. The van der Waals surface area contributed by atoms with Crippen LogP contribution in [0.3, 0.4) is 0 Å². The minimum Gasteiger partial charge on any atom is -0.497 e. The number of hydrogen-bond acceptors (Lipinski definition) is 2. The van der Waals surface area contributed by atoms with E-state index in [2.05, 4.69) is 0 Å². The largest absolute Gasteiger partial charge is 0.497 e. The number of hydrogen-bond donors (Lipinski definition) is 0. The third-order valence-corrected chi connectivity index (χ3v) is 2.57. The molecule has 1 aromatic carbocycles. The fourth-order valence-corrected chi connectivity index (χ4v) is 1.62. The quantitative estimate of drug-likeness (QED) is 0.767. The van der Waals surface area contributed by atoms with Crippen LogP contribution in [0.5, 0.6) is 5.75 Å². The van der Waals surface area contributed by atoms with E-state index in [1.807, 2.05) is 30.3 Å². The Labute approximate surface area is 93.9 Å². The molecule has 0 unspecified atom stereocenters. The van der Waals surface area contributed by atoms with Crippen molar-refractivity contribution in [1.82, 2.24) is 4.57 Å². The van der Waals surface area contributed by atoms with Gasteiger partial charge in [-0.2, -0.15) is 0 Å². The van der Waals surface area contributed by atoms with Crippen LogP contribution in [0.25, 0.3) is 11.3 Å². The van der Waals surface area contributed by atoms with E-state index in [4.69, 9.17) is 4.74 Å². The van der Waals surface area contributed by atoms with Crippen LogP contribution in [0.15, 0.2) is 47.3 Å². The van der Waals surface area contributed by atoms with E-state index in [0.29, 0.717) is 0 Å². The number of pyridine rings is 1. The first-order valence-electron chi connectivity index (χ1n) is 5.03. The first-order chi connectivity index (χ1) is 7.72. The summed E-state index contributed by atoms with van der Waals surface area (Å²) in [4.78, 5) is 11.5. The lowest BCUT2D eigenvalue weighted by Gasteiger charge is -2.08. The van der Waals surface area contributed by atoms with Crippen LogP contribution >= 0.6 is 0 Å². The van der Waals surface area contributed by atoms with Gasteiger partial charge in [0.15, 0.2) is 0 Å². The molecule has 0 spiro atoms. The van der Waals surface area contributed by atoms with Gasteiger partial charge >= 0.3 is 0 Å². The summed E-state index contributed by atoms with van der Waals surface area (Å²) in [5, 5.41) is 0. The highest BCUT2D eigenvalue weighted by atomic mass is 16.5. The summed E-state index contributed by atoms with van der Waals surface area (Å²) in [7, 11) is 3.40. The van der Waals surface area contributed by atoms with Crippen LogP contribution in [0, 0.1) is 0 Å². The van der Waals surface area contributed by atoms with E-state index in [0.717, 1.165) is 17.0 Å². The molecule has 1 heterocycles. The molecule has 0 amide bonds. The van der Waals surface area contributed by atoms with Crippen molar-refractivity contribution in [1.29, 1.82) is 0 Å². The molecule has 2 rings (SSSR count). The third kappa shape index (κ3) is 1.84. The second-order valence-electron chi connectivity index (χ2n) is 3.54. The zero-order valence-corrected chi connectivity index (χ0v) is 9.31. The number of methoxy groups -OCH3 is 1. The Bertz CT molecular complexity index is 541. The summed E-state index contributed by atoms with van der Waals surface area (Å²) in [6.45, 7) is 0. The van der Waals surface area contributed by atoms with E-state index in [-0.39, 0.29) is 5.56 Å². The first kappa shape index (κ1) is 10.5. The highest BCUT2D eigenvalue weighted by molar-refractivity contribution is 5.60. The zero-order chi connectivity index (χ0) is 11.5. The Morgan fingerprint density at radius 1 is 1.06 bits per heavy atom. The monoisotopic (exact) mass is 215 g/mol. The first-order valence-corrected chi connectivity index (χ1v) is 5.03. The van der Waals surface area contributed by atoms with Crippen molar-refractivity contribution in [3.63, 3.8) is 0 Å². The molecular weight excluding hydrogens is 202 g/mol. The minimum atomic E-state index is -0.00619. The van der Waals surface area contributed by atoms with Gasteiger partial charge in [-0.25, -0.2) is 0 Å². The summed E-state index contributed by atoms with van der Waals surface area (Å²) in [5.74, 6) is 0.810. The van der Waals surface area contributed by atoms with Gasteiger partial charge in [0.2, 0.25) is 0 Å². The number of nitrogens with zero attached hydrogens (tertiary/aromatic N) is 1. The summed E-state index contributed by atoms with van der Waals surface area (Å²) >= 11 is 0. The average molecular weight is 215 g/mol. The van der Waals surface area contributed by atoms with Crippen molar-refractivity contribution >= 4 is 0 Å². The third-order valence-electron chi connectivity index (χ3n) is 2.57. The molecule has 0 bridgehead atoms. The van der Waals surface area contributed by atoms with Crippen LogP contribution in [-0.2, 0) is 7.05 Å². The summed E-state index contributed by atoms with van der Waals surface area (Å²) in [6, 6.07) is 12.9. The highest BCUT2D eigenvalue weighted by Gasteiger charge is 2.02. The predicted molar refractivity (Wildman–Crippen MR) is 63.7 cm³/mol. The molecule has 0 aliphatic heterocycles. The molecule has 2 aromatic rings. The van der Waals surface area contributed by atoms with Gasteiger partial charge in [0.05, 0.1) is 12.8 Å². The smallest absolute Gasteiger partial charge is 0.250 e. The Balaban J connectivity index is 2.50. The van der Waals surface area contributed by atoms with Crippen LogP contribution in [0.4, 0.5) is 0 Å². The summed E-state index contributed by atoms with van der Waals surface area (Å²) in [6.07, 6.45) is 0. The zero-order valence-electron chi connectivity index (χ0n) is 9.31. The Hall–Kier alpha value is -2.03. The van der Waals surface area contributed by atoms with Gasteiger partial charge in [0.25, 0.3) is 5.56 Å². The maximum atomic E-state index is 11.5. The topological polar surface area (TPSA) is 31.2 Å². The molecule has 82 valence electrons. The van der Waals surface area contributed by atoms with E-state index in [1.165, 1.54) is 0 Å². The minimum absolute atomic E-state index is 0.00619. The predicted octanol–water partition coefficient (Wildman–Crippen LogP) is 2.06. The number of ether oxygens (including phenoxy) is 1. The van der Waals surface area contributed by atoms with Crippen molar-refractivity contribution in [2.45, 2.75) is 0 Å². The normalized spacial score (nSPS) is 10.1. The highest BCUT2D eigenvalue weighted by Crippen LogP contribution is 2.20. The van der Waals surface area contributed by atoms with Crippen LogP contribution in [0.1, 0.15) is 0 Å². The Morgan fingerprint density at radius 2 is 1.75 bits per heavy atom. The molecule has 3 heteroatoms. The molecule has 16 heavy (non-hydrogen) atoms. The fourth-order valence-electron chi connectivity index (χ4n) is 1.62. The molecule has 0 saturated heterocycles. The molecule has 0 N–H and O–H groups in total. The molecule has 1 aromatic heterocycles. The molecular formula is C13H13NO2. The standard InChI is InChI=1S/C13H13NO2/c1-14-12(4-3-5-13(14)15)10-6-8-11(16-2)9-7-10/h3-9H,1-2H3. The molecule has 3 nitrogen and oxygen atoms in total. The SMILES string of the molecule is COc1ccc(-c2cccc(=O)n2C)cc1. The molecule has 0 aliphatic carbocycles. The van der Waals surface area contributed by atoms with E-state index in [1.54, 1.807) is 30.9 Å². The Kier molecular flexibility index (Phi) is 2.77. The van der Waals surface area contributed by atoms with Crippen LogP contribution in [0.2, 0.25) is 0 Å². The second kappa shape index (κ2) is 4.23. The molecule has 0 radical (unpaired) electrons. The number of aromatic nitrogens is 1. The van der Waals surface area contributed by atoms with Crippen molar-refractivity contribution in [3.8, 4) is 17.0 Å². The summed E-state index contributed by atoms with van der Waals surface area (Å²) < 4.78 is 6.72. The van der Waals surface area contributed by atoms with Crippen molar-refractivity contribution in [2.75, 3.05) is 7.11 Å². The maximum absolute atomic E-state index is 11.5. The van der Waals surface area contributed by atoms with Gasteiger partial charge in [-0.3, -0.25) is 4.79 Å². The summed E-state index contributed by atoms with van der Waals surface area (Å²) in [5.41, 5.74) is 1.89. The molecule has 0 atom stereocenters. The molecule has 0 saturated carbocycles. The van der Waals surface area contributed by atoms with Crippen LogP contribution < -0.4 is 10.3 Å². The van der Waals surface area contributed by atoms with Crippen molar-refractivity contribution in [2.24, 2.45) is 7.05 Å². The van der Waals surface area contributed by atoms with Crippen LogP contribution in [-0.4, -0.2) is 11.7 Å². The van der Waals surface area contributed by atoms with Gasteiger partial charge in [-0.15, -0.1) is 0 Å². The van der Waals surface area contributed by atoms with Gasteiger partial charge in [0, 0.05) is 13.1 Å².